The van der Waals surface area contributed by atoms with Crippen molar-refractivity contribution >= 4 is 0 Å². The molecule has 21 heavy (non-hydrogen) atoms. The second-order valence-corrected chi connectivity index (χ2v) is 6.31. The Hall–Kier alpha value is -1.06. The number of methoxy groups -OCH3 is 1. The summed E-state index contributed by atoms with van der Waals surface area (Å²) < 4.78 is 5.55. The number of ether oxygens (including phenoxy) is 1. The van der Waals surface area contributed by atoms with Crippen LogP contribution in [0.1, 0.15) is 44.2 Å². The lowest BCUT2D eigenvalue weighted by atomic mass is 9.99. The van der Waals surface area contributed by atoms with E-state index in [2.05, 4.69) is 42.3 Å². The zero-order valence-corrected chi connectivity index (χ0v) is 13.8. The summed E-state index contributed by atoms with van der Waals surface area (Å²) in [6, 6.07) is 6.59. The van der Waals surface area contributed by atoms with Crippen LogP contribution in [0.2, 0.25) is 0 Å². The zero-order valence-electron chi connectivity index (χ0n) is 13.8. The molecule has 1 aromatic rings. The molecule has 3 heteroatoms. The molecule has 0 amide bonds. The highest BCUT2D eigenvalue weighted by atomic mass is 16.5. The van der Waals surface area contributed by atoms with Crippen LogP contribution in [0, 0.1) is 5.92 Å². The van der Waals surface area contributed by atoms with Crippen molar-refractivity contribution in [2.24, 2.45) is 5.92 Å². The lowest BCUT2D eigenvalue weighted by Crippen LogP contribution is -2.33. The Labute approximate surface area is 129 Å². The van der Waals surface area contributed by atoms with E-state index in [-0.39, 0.29) is 0 Å². The van der Waals surface area contributed by atoms with Gasteiger partial charge in [-0.05, 0) is 56.0 Å². The smallest absolute Gasteiger partial charge is 0.123 e. The van der Waals surface area contributed by atoms with Gasteiger partial charge in [0.2, 0.25) is 0 Å². The quantitative estimate of drug-likeness (QED) is 0.779. The first-order valence-electron chi connectivity index (χ1n) is 8.31. The van der Waals surface area contributed by atoms with Crippen molar-refractivity contribution in [2.45, 2.75) is 46.2 Å². The summed E-state index contributed by atoms with van der Waals surface area (Å²) in [6.07, 6.45) is 3.87. The molecule has 1 aliphatic heterocycles. The number of rotatable bonds is 7. The number of nitrogens with one attached hydrogen (secondary N) is 1. The van der Waals surface area contributed by atoms with E-state index in [0.717, 1.165) is 31.3 Å². The molecule has 1 aromatic carbocycles. The van der Waals surface area contributed by atoms with Gasteiger partial charge >= 0.3 is 0 Å². The van der Waals surface area contributed by atoms with Crippen LogP contribution in [-0.4, -0.2) is 31.6 Å². The maximum atomic E-state index is 5.55. The van der Waals surface area contributed by atoms with E-state index < -0.39 is 0 Å². The molecule has 0 radical (unpaired) electrons. The van der Waals surface area contributed by atoms with Gasteiger partial charge in [-0.2, -0.15) is 0 Å². The second-order valence-electron chi connectivity index (χ2n) is 6.31. The average molecular weight is 290 g/mol. The molecule has 0 aromatic heterocycles. The summed E-state index contributed by atoms with van der Waals surface area (Å²) in [6.45, 7) is 10.0. The molecule has 0 spiro atoms. The molecule has 1 N–H and O–H groups in total. The van der Waals surface area contributed by atoms with Crippen LogP contribution in [0.3, 0.4) is 0 Å². The first-order valence-corrected chi connectivity index (χ1v) is 8.31. The minimum absolute atomic E-state index is 0.819. The van der Waals surface area contributed by atoms with E-state index in [1.54, 1.807) is 7.11 Å². The molecule has 1 atom stereocenters. The highest BCUT2D eigenvalue weighted by Crippen LogP contribution is 2.24. The number of nitrogens with zero attached hydrogens (tertiary/aromatic N) is 1. The first kappa shape index (κ1) is 16.3. The standard InChI is InChI=1S/C18H30N2O/c1-4-9-19-12-16-7-8-18(21-3)17(11-16)14-20-10-5-6-15(2)13-20/h7-8,11,15,19H,4-6,9-10,12-14H2,1-3H3. The lowest BCUT2D eigenvalue weighted by Gasteiger charge is -2.31. The van der Waals surface area contributed by atoms with Gasteiger partial charge in [-0.25, -0.2) is 0 Å². The van der Waals surface area contributed by atoms with Gasteiger partial charge < -0.3 is 10.1 Å². The predicted octanol–water partition coefficient (Wildman–Crippen LogP) is 3.43. The number of hydrogen-bond acceptors (Lipinski definition) is 3. The summed E-state index contributed by atoms with van der Waals surface area (Å²) in [5.74, 6) is 1.84. The van der Waals surface area contributed by atoms with Gasteiger partial charge in [-0.1, -0.05) is 19.9 Å². The summed E-state index contributed by atoms with van der Waals surface area (Å²) >= 11 is 0. The zero-order chi connectivity index (χ0) is 15.1. The van der Waals surface area contributed by atoms with Gasteiger partial charge in [0.05, 0.1) is 7.11 Å². The Morgan fingerprint density at radius 2 is 2.24 bits per heavy atom. The van der Waals surface area contributed by atoms with Crippen molar-refractivity contribution in [1.82, 2.24) is 10.2 Å². The lowest BCUT2D eigenvalue weighted by molar-refractivity contribution is 0.175. The Bertz CT molecular complexity index is 433. The van der Waals surface area contributed by atoms with Crippen molar-refractivity contribution in [3.63, 3.8) is 0 Å². The molecular formula is C18H30N2O. The predicted molar refractivity (Wildman–Crippen MR) is 88.7 cm³/mol. The van der Waals surface area contributed by atoms with Gasteiger partial charge in [0, 0.05) is 25.2 Å². The Balaban J connectivity index is 2.02. The highest BCUT2D eigenvalue weighted by molar-refractivity contribution is 5.37. The van der Waals surface area contributed by atoms with E-state index >= 15 is 0 Å². The molecule has 3 nitrogen and oxygen atoms in total. The van der Waals surface area contributed by atoms with Crippen molar-refractivity contribution in [3.8, 4) is 5.75 Å². The summed E-state index contributed by atoms with van der Waals surface area (Å²) in [5, 5.41) is 3.47. The van der Waals surface area contributed by atoms with Gasteiger partial charge in [-0.15, -0.1) is 0 Å². The van der Waals surface area contributed by atoms with Crippen LogP contribution >= 0.6 is 0 Å². The number of benzene rings is 1. The molecule has 0 aliphatic carbocycles. The topological polar surface area (TPSA) is 24.5 Å². The van der Waals surface area contributed by atoms with Gasteiger partial charge in [0.15, 0.2) is 0 Å². The number of hydrogen-bond donors (Lipinski definition) is 1. The number of likely N-dealkylation sites (tertiary alicyclic amines) is 1. The largest absolute Gasteiger partial charge is 0.496 e. The van der Waals surface area contributed by atoms with Crippen LogP contribution in [0.15, 0.2) is 18.2 Å². The molecule has 1 heterocycles. The van der Waals surface area contributed by atoms with E-state index in [4.69, 9.17) is 4.74 Å². The van der Waals surface area contributed by atoms with Crippen molar-refractivity contribution in [3.05, 3.63) is 29.3 Å². The van der Waals surface area contributed by atoms with E-state index in [9.17, 15) is 0 Å². The molecule has 1 fully saturated rings. The normalized spacial score (nSPS) is 19.7. The third-order valence-corrected chi connectivity index (χ3v) is 4.24. The maximum Gasteiger partial charge on any atom is 0.123 e. The average Bonchev–Trinajstić information content (AvgIpc) is 2.48. The third-order valence-electron chi connectivity index (χ3n) is 4.24. The molecule has 1 aliphatic rings. The van der Waals surface area contributed by atoms with Gasteiger partial charge in [0.1, 0.15) is 5.75 Å². The molecule has 118 valence electrons. The van der Waals surface area contributed by atoms with Crippen LogP contribution in [0.5, 0.6) is 5.75 Å². The number of piperidine rings is 1. The van der Waals surface area contributed by atoms with E-state index in [1.807, 2.05) is 0 Å². The van der Waals surface area contributed by atoms with Crippen LogP contribution < -0.4 is 10.1 Å². The monoisotopic (exact) mass is 290 g/mol. The van der Waals surface area contributed by atoms with Crippen LogP contribution in [0.4, 0.5) is 0 Å². The fourth-order valence-corrected chi connectivity index (χ4v) is 3.15. The summed E-state index contributed by atoms with van der Waals surface area (Å²) in [7, 11) is 1.77. The maximum absolute atomic E-state index is 5.55. The van der Waals surface area contributed by atoms with E-state index in [0.29, 0.717) is 0 Å². The van der Waals surface area contributed by atoms with Crippen molar-refractivity contribution < 1.29 is 4.74 Å². The van der Waals surface area contributed by atoms with Crippen LogP contribution in [0.25, 0.3) is 0 Å². The molecule has 1 unspecified atom stereocenters. The Morgan fingerprint density at radius 1 is 1.38 bits per heavy atom. The molecule has 0 saturated carbocycles. The Kier molecular flexibility index (Phi) is 6.52. The molecular weight excluding hydrogens is 260 g/mol. The summed E-state index contributed by atoms with van der Waals surface area (Å²) in [4.78, 5) is 2.56. The Morgan fingerprint density at radius 3 is 2.95 bits per heavy atom. The molecule has 2 rings (SSSR count). The third kappa shape index (κ3) is 5.01. The minimum Gasteiger partial charge on any atom is -0.496 e. The van der Waals surface area contributed by atoms with E-state index in [1.165, 1.54) is 43.5 Å². The molecule has 0 bridgehead atoms. The summed E-state index contributed by atoms with van der Waals surface area (Å²) in [5.41, 5.74) is 2.67. The molecule has 1 saturated heterocycles. The van der Waals surface area contributed by atoms with Crippen LogP contribution in [-0.2, 0) is 13.1 Å². The fourth-order valence-electron chi connectivity index (χ4n) is 3.15. The SMILES string of the molecule is CCCNCc1ccc(OC)c(CN2CCCC(C)C2)c1. The van der Waals surface area contributed by atoms with Crippen molar-refractivity contribution in [2.75, 3.05) is 26.7 Å². The first-order chi connectivity index (χ1) is 10.2. The minimum atomic E-state index is 0.819. The second kappa shape index (κ2) is 8.40. The van der Waals surface area contributed by atoms with Gasteiger partial charge in [0.25, 0.3) is 0 Å². The van der Waals surface area contributed by atoms with Gasteiger partial charge in [-0.3, -0.25) is 4.90 Å². The highest BCUT2D eigenvalue weighted by Gasteiger charge is 2.17. The van der Waals surface area contributed by atoms with Crippen molar-refractivity contribution in [1.29, 1.82) is 0 Å². The fraction of sp³-hybridized carbons (Fsp3) is 0.667.